The molecule has 4 heterocycles. The highest BCUT2D eigenvalue weighted by atomic mass is 16.2. The van der Waals surface area contributed by atoms with Gasteiger partial charge in [-0.25, -0.2) is 4.98 Å². The van der Waals surface area contributed by atoms with Crippen molar-refractivity contribution in [2.24, 2.45) is 11.7 Å². The Kier molecular flexibility index (Phi) is 4.97. The molecule has 0 saturated carbocycles. The van der Waals surface area contributed by atoms with Crippen LogP contribution in [0.5, 0.6) is 0 Å². The van der Waals surface area contributed by atoms with E-state index in [1.54, 1.807) is 33.9 Å². The van der Waals surface area contributed by atoms with E-state index in [1.165, 1.54) is 0 Å². The zero-order valence-electron chi connectivity index (χ0n) is 17.5. The number of pyridine rings is 1. The van der Waals surface area contributed by atoms with Gasteiger partial charge in [0, 0.05) is 37.0 Å². The fourth-order valence-electron chi connectivity index (χ4n) is 4.42. The number of nitrogens with two attached hydrogens (primary N) is 1. The Morgan fingerprint density at radius 2 is 1.72 bits per heavy atom. The Balaban J connectivity index is 1.39. The summed E-state index contributed by atoms with van der Waals surface area (Å²) in [5.41, 5.74) is 8.82. The molecule has 0 bridgehead atoms. The number of carbonyl (C=O) groups excluding carboxylic acids is 2. The molecule has 1 fully saturated rings. The molecule has 32 heavy (non-hydrogen) atoms. The number of primary amides is 1. The predicted molar refractivity (Wildman–Crippen MR) is 120 cm³/mol. The average molecular weight is 429 g/mol. The van der Waals surface area contributed by atoms with Crippen molar-refractivity contribution in [2.45, 2.75) is 19.4 Å². The molecule has 2 N–H and O–H groups in total. The number of piperidine rings is 1. The Morgan fingerprint density at radius 3 is 2.44 bits per heavy atom. The summed E-state index contributed by atoms with van der Waals surface area (Å²) >= 11 is 0. The van der Waals surface area contributed by atoms with E-state index >= 15 is 0 Å². The molecular weight excluding hydrogens is 406 g/mol. The van der Waals surface area contributed by atoms with E-state index in [0.717, 1.165) is 11.1 Å². The first-order chi connectivity index (χ1) is 15.5. The molecule has 8 nitrogen and oxygen atoms in total. The van der Waals surface area contributed by atoms with Gasteiger partial charge in [0.2, 0.25) is 5.91 Å². The minimum absolute atomic E-state index is 0.0571. The molecule has 0 spiro atoms. The van der Waals surface area contributed by atoms with Gasteiger partial charge in [-0.3, -0.25) is 19.0 Å². The van der Waals surface area contributed by atoms with Crippen LogP contribution in [0.25, 0.3) is 16.7 Å². The van der Waals surface area contributed by atoms with E-state index in [-0.39, 0.29) is 23.3 Å². The van der Waals surface area contributed by atoms with Crippen molar-refractivity contribution in [1.82, 2.24) is 18.9 Å². The van der Waals surface area contributed by atoms with Gasteiger partial charge in [-0.05, 0) is 54.8 Å². The molecular formula is C24H23N5O3. The van der Waals surface area contributed by atoms with Crippen LogP contribution in [0.2, 0.25) is 0 Å². The van der Waals surface area contributed by atoms with E-state index in [9.17, 15) is 14.4 Å². The maximum atomic E-state index is 13.1. The summed E-state index contributed by atoms with van der Waals surface area (Å²) in [7, 11) is 0. The van der Waals surface area contributed by atoms with Crippen LogP contribution >= 0.6 is 0 Å². The molecule has 5 rings (SSSR count). The van der Waals surface area contributed by atoms with Crippen molar-refractivity contribution in [1.29, 1.82) is 0 Å². The van der Waals surface area contributed by atoms with E-state index in [4.69, 9.17) is 5.73 Å². The van der Waals surface area contributed by atoms with Gasteiger partial charge in [0.25, 0.3) is 11.5 Å². The largest absolute Gasteiger partial charge is 0.369 e. The third-order valence-corrected chi connectivity index (χ3v) is 6.22. The third-order valence-electron chi connectivity index (χ3n) is 6.22. The number of aromatic nitrogens is 3. The SMILES string of the molecule is NC(=O)C1CCN(C(=O)c2ccc(Cn3c(=O)c4cccn4c4cccnc43)cc2)CC1. The van der Waals surface area contributed by atoms with Crippen LogP contribution < -0.4 is 11.3 Å². The number of rotatable bonds is 4. The van der Waals surface area contributed by atoms with Crippen molar-refractivity contribution in [3.8, 4) is 0 Å². The van der Waals surface area contributed by atoms with Crippen LogP contribution in [0.4, 0.5) is 0 Å². The highest BCUT2D eigenvalue weighted by Crippen LogP contribution is 2.20. The van der Waals surface area contributed by atoms with Crippen LogP contribution in [-0.2, 0) is 11.3 Å². The van der Waals surface area contributed by atoms with E-state index in [2.05, 4.69) is 4.98 Å². The van der Waals surface area contributed by atoms with Crippen LogP contribution in [0.15, 0.2) is 65.7 Å². The zero-order valence-corrected chi connectivity index (χ0v) is 17.5. The molecule has 0 unspecified atom stereocenters. The fraction of sp³-hybridized carbons (Fsp3) is 0.250. The van der Waals surface area contributed by atoms with Crippen LogP contribution in [0.1, 0.15) is 28.8 Å². The number of fused-ring (bicyclic) bond motifs is 3. The number of hydrogen-bond acceptors (Lipinski definition) is 4. The maximum absolute atomic E-state index is 13.1. The highest BCUT2D eigenvalue weighted by Gasteiger charge is 2.26. The Morgan fingerprint density at radius 1 is 1.00 bits per heavy atom. The summed E-state index contributed by atoms with van der Waals surface area (Å²) in [4.78, 5) is 43.4. The summed E-state index contributed by atoms with van der Waals surface area (Å²) in [6.07, 6.45) is 4.74. The molecule has 3 aromatic heterocycles. The lowest BCUT2D eigenvalue weighted by Crippen LogP contribution is -2.41. The average Bonchev–Trinajstić information content (AvgIpc) is 3.32. The zero-order chi connectivity index (χ0) is 22.2. The smallest absolute Gasteiger partial charge is 0.276 e. The second-order valence-corrected chi connectivity index (χ2v) is 8.17. The van der Waals surface area contributed by atoms with Gasteiger partial charge in [-0.1, -0.05) is 12.1 Å². The highest BCUT2D eigenvalue weighted by molar-refractivity contribution is 5.94. The first kappa shape index (κ1) is 20.0. The van der Waals surface area contributed by atoms with Crippen LogP contribution in [0, 0.1) is 5.92 Å². The second-order valence-electron chi connectivity index (χ2n) is 8.17. The van der Waals surface area contributed by atoms with Gasteiger partial charge >= 0.3 is 0 Å². The van der Waals surface area contributed by atoms with Crippen LogP contribution in [0.3, 0.4) is 0 Å². The van der Waals surface area contributed by atoms with Crippen molar-refractivity contribution in [2.75, 3.05) is 13.1 Å². The molecule has 0 radical (unpaired) electrons. The Labute approximate surface area is 183 Å². The monoisotopic (exact) mass is 429 g/mol. The molecule has 8 heteroatoms. The number of hydrogen-bond donors (Lipinski definition) is 1. The summed E-state index contributed by atoms with van der Waals surface area (Å²) in [6, 6.07) is 14.7. The van der Waals surface area contributed by atoms with Crippen molar-refractivity contribution in [3.05, 3.63) is 82.4 Å². The minimum atomic E-state index is -0.294. The van der Waals surface area contributed by atoms with Gasteiger partial charge in [0.1, 0.15) is 5.52 Å². The third kappa shape index (κ3) is 3.43. The fourth-order valence-corrected chi connectivity index (χ4v) is 4.42. The van der Waals surface area contributed by atoms with Gasteiger partial charge < -0.3 is 15.0 Å². The Hall–Kier alpha value is -3.94. The normalized spacial score (nSPS) is 14.8. The lowest BCUT2D eigenvalue weighted by Gasteiger charge is -2.30. The summed E-state index contributed by atoms with van der Waals surface area (Å²) in [6.45, 7) is 1.41. The van der Waals surface area contributed by atoms with Gasteiger partial charge in [-0.2, -0.15) is 0 Å². The molecule has 0 aliphatic carbocycles. The molecule has 0 atom stereocenters. The van der Waals surface area contributed by atoms with Crippen molar-refractivity contribution >= 4 is 28.5 Å². The van der Waals surface area contributed by atoms with E-state index in [0.29, 0.717) is 49.2 Å². The molecule has 1 aliphatic heterocycles. The summed E-state index contributed by atoms with van der Waals surface area (Å²) < 4.78 is 3.51. The predicted octanol–water partition coefficient (Wildman–Crippen LogP) is 2.03. The lowest BCUT2D eigenvalue weighted by molar-refractivity contribution is -0.123. The van der Waals surface area contributed by atoms with Crippen molar-refractivity contribution in [3.63, 3.8) is 0 Å². The number of nitrogens with zero attached hydrogens (tertiary/aromatic N) is 4. The number of benzene rings is 1. The van der Waals surface area contributed by atoms with Crippen molar-refractivity contribution < 1.29 is 9.59 Å². The van der Waals surface area contributed by atoms with E-state index in [1.807, 2.05) is 40.9 Å². The quantitative estimate of drug-likeness (QED) is 0.536. The number of carbonyl (C=O) groups is 2. The minimum Gasteiger partial charge on any atom is -0.369 e. The summed E-state index contributed by atoms with van der Waals surface area (Å²) in [5, 5.41) is 0. The maximum Gasteiger partial charge on any atom is 0.276 e. The molecule has 4 aromatic rings. The lowest BCUT2D eigenvalue weighted by atomic mass is 9.96. The van der Waals surface area contributed by atoms with Crippen LogP contribution in [-0.4, -0.2) is 43.8 Å². The van der Waals surface area contributed by atoms with Gasteiger partial charge in [-0.15, -0.1) is 0 Å². The Bertz CT molecular complexity index is 1380. The molecule has 1 saturated heterocycles. The second kappa shape index (κ2) is 7.96. The van der Waals surface area contributed by atoms with Gasteiger partial charge in [0.05, 0.1) is 12.1 Å². The molecule has 1 aromatic carbocycles. The topological polar surface area (TPSA) is 103 Å². The number of amides is 2. The summed E-state index contributed by atoms with van der Waals surface area (Å²) in [5.74, 6) is -0.503. The van der Waals surface area contributed by atoms with Gasteiger partial charge in [0.15, 0.2) is 5.65 Å². The number of likely N-dealkylation sites (tertiary alicyclic amines) is 1. The standard InChI is InChI=1S/C24H23N5O3/c25-21(30)17-9-13-27(14-10-17)23(31)18-7-5-16(6-8-18)15-29-22-19(3-1-11-26-22)28-12-2-4-20(28)24(29)32/h1-8,11-12,17H,9-10,13-15H2,(H2,25,30). The molecule has 2 amide bonds. The molecule has 162 valence electrons. The molecule has 1 aliphatic rings. The van der Waals surface area contributed by atoms with E-state index < -0.39 is 0 Å². The first-order valence-corrected chi connectivity index (χ1v) is 10.6. The first-order valence-electron chi connectivity index (χ1n) is 10.6.